The van der Waals surface area contributed by atoms with Gasteiger partial charge in [-0.25, -0.2) is 27.6 Å². The highest BCUT2D eigenvalue weighted by molar-refractivity contribution is 6.31. The Morgan fingerprint density at radius 2 is 1.77 bits per heavy atom. The van der Waals surface area contributed by atoms with Crippen molar-refractivity contribution < 1.29 is 41.0 Å². The van der Waals surface area contributed by atoms with Gasteiger partial charge in [0.15, 0.2) is 0 Å². The number of carboxylic acids is 1. The molecule has 2 bridgehead atoms. The van der Waals surface area contributed by atoms with Crippen molar-refractivity contribution in [1.82, 2.24) is 29.5 Å². The van der Waals surface area contributed by atoms with Gasteiger partial charge in [-0.15, -0.1) is 5.10 Å². The second-order valence-electron chi connectivity index (χ2n) is 11.8. The van der Waals surface area contributed by atoms with E-state index in [0.29, 0.717) is 58.0 Å². The molecule has 11 nitrogen and oxygen atoms in total. The second-order valence-corrected chi connectivity index (χ2v) is 12.3. The first-order valence-corrected chi connectivity index (χ1v) is 15.9. The average Bonchev–Trinajstić information content (AvgIpc) is 3.58. The fourth-order valence-corrected chi connectivity index (χ4v) is 5.74. The fraction of sp³-hybridized carbons (Fsp3) is 0.265. The number of benzene rings is 2. The minimum atomic E-state index is -5.08. The van der Waals surface area contributed by atoms with E-state index in [-0.39, 0.29) is 23.1 Å². The lowest BCUT2D eigenvalue weighted by atomic mass is 9.96. The van der Waals surface area contributed by atoms with E-state index in [9.17, 15) is 35.9 Å². The van der Waals surface area contributed by atoms with Crippen molar-refractivity contribution in [2.24, 2.45) is 5.92 Å². The summed E-state index contributed by atoms with van der Waals surface area (Å²) in [4.78, 5) is 44.6. The molecule has 1 amide bonds. The number of carbonyl (C=O) groups excluding carboxylic acids is 1. The predicted molar refractivity (Wildman–Crippen MR) is 177 cm³/mol. The summed E-state index contributed by atoms with van der Waals surface area (Å²) in [5.41, 5.74) is 2.33. The highest BCUT2D eigenvalue weighted by Crippen LogP contribution is 2.34. The summed E-state index contributed by atoms with van der Waals surface area (Å²) in [6, 6.07) is 13.3. The first kappa shape index (κ1) is 37.7. The van der Waals surface area contributed by atoms with Crippen LogP contribution < -0.4 is 10.9 Å². The smallest absolute Gasteiger partial charge is 0.475 e. The third kappa shape index (κ3) is 9.01. The van der Waals surface area contributed by atoms with E-state index in [1.807, 2.05) is 6.92 Å². The lowest BCUT2D eigenvalue weighted by Gasteiger charge is -2.21. The Bertz CT molecular complexity index is 2160. The molecule has 6 rings (SSSR count). The van der Waals surface area contributed by atoms with Gasteiger partial charge in [0.05, 0.1) is 35.6 Å². The molecule has 18 heteroatoms. The number of hydrogen-bond acceptors (Lipinski definition) is 7. The molecule has 0 fully saturated rings. The van der Waals surface area contributed by atoms with Gasteiger partial charge in [0.25, 0.3) is 12.0 Å². The van der Waals surface area contributed by atoms with Crippen LogP contribution in [-0.4, -0.2) is 52.7 Å². The van der Waals surface area contributed by atoms with Crippen LogP contribution in [0.5, 0.6) is 0 Å². The van der Waals surface area contributed by atoms with Crippen LogP contribution >= 0.6 is 11.6 Å². The van der Waals surface area contributed by atoms with Crippen LogP contribution in [0.15, 0.2) is 78.1 Å². The van der Waals surface area contributed by atoms with Crippen molar-refractivity contribution in [3.63, 3.8) is 0 Å². The summed E-state index contributed by atoms with van der Waals surface area (Å²) in [5, 5.41) is 17.7. The fourth-order valence-electron chi connectivity index (χ4n) is 5.57. The zero-order valence-electron chi connectivity index (χ0n) is 27.0. The van der Waals surface area contributed by atoms with E-state index in [1.54, 1.807) is 36.5 Å². The number of carboxylic acid groups (broad SMARTS) is 1. The topological polar surface area (TPSA) is 145 Å². The third-order valence-electron chi connectivity index (χ3n) is 8.03. The molecule has 5 aromatic rings. The lowest BCUT2D eigenvalue weighted by Crippen LogP contribution is -2.26. The number of nitrogens with one attached hydrogen (secondary N) is 1. The summed E-state index contributed by atoms with van der Waals surface area (Å²) in [7, 11) is 0. The van der Waals surface area contributed by atoms with Crippen molar-refractivity contribution in [2.75, 3.05) is 5.32 Å². The molecular formula is C34H28ClF6N7O4. The van der Waals surface area contributed by atoms with Crippen molar-refractivity contribution >= 4 is 29.2 Å². The summed E-state index contributed by atoms with van der Waals surface area (Å²) in [5.74, 6) is -3.31. The molecule has 2 N–H and O–H groups in total. The molecular weight excluding hydrogens is 720 g/mol. The summed E-state index contributed by atoms with van der Waals surface area (Å²) in [6.07, 6.45) is -1.52. The molecule has 3 aromatic heterocycles. The van der Waals surface area contributed by atoms with Gasteiger partial charge < -0.3 is 10.4 Å². The van der Waals surface area contributed by atoms with Crippen LogP contribution in [0, 0.1) is 11.7 Å². The quantitative estimate of drug-likeness (QED) is 0.178. The zero-order chi connectivity index (χ0) is 37.7. The van der Waals surface area contributed by atoms with E-state index < -0.39 is 36.1 Å². The van der Waals surface area contributed by atoms with Crippen LogP contribution in [0.3, 0.4) is 0 Å². The number of halogens is 7. The molecule has 1 aliphatic heterocycles. The molecule has 1 unspecified atom stereocenters. The number of pyridine rings is 1. The largest absolute Gasteiger partial charge is 0.490 e. The van der Waals surface area contributed by atoms with Gasteiger partial charge in [0.2, 0.25) is 5.91 Å². The first-order valence-electron chi connectivity index (χ1n) is 15.6. The van der Waals surface area contributed by atoms with Gasteiger partial charge in [-0.3, -0.25) is 19.1 Å². The van der Waals surface area contributed by atoms with Gasteiger partial charge in [-0.1, -0.05) is 36.6 Å². The van der Waals surface area contributed by atoms with E-state index in [2.05, 4.69) is 25.6 Å². The molecule has 0 saturated heterocycles. The predicted octanol–water partition coefficient (Wildman–Crippen LogP) is 7.65. The Labute approximate surface area is 295 Å². The SMILES string of the molecule is CC1CCC[C@H](n2cnc(-c3cc(Cl)ccc3-n3cc(C(F)F)nn3)cc2=O)c2cc(ccn2)-c2cc(F)ccc2NC(=O)C1.O=C(O)C(F)(F)F. The number of anilines is 1. The number of carbonyl (C=O) groups is 2. The number of rotatable bonds is 4. The molecule has 0 aliphatic carbocycles. The number of alkyl halides is 5. The van der Waals surface area contributed by atoms with Gasteiger partial charge in [-0.2, -0.15) is 13.2 Å². The maximum Gasteiger partial charge on any atom is 0.490 e. The average molecular weight is 748 g/mol. The maximum absolute atomic E-state index is 14.4. The standard InChI is InChI=1S/C32H27ClF3N7O2.C2HF3O2/c1-18-3-2-4-29(26-12-19(9-10-37-26)22-14-21(34)6-7-24(22)39-30(44)11-18)42-17-38-25(15-31(42)45)23-13-20(33)5-8-28(23)43-16-27(32(35)36)40-41-43;3-2(4,5)1(6)7/h5-10,12-18,29,32H,2-4,11H2,1H3,(H,39,44);(H,6,7)/t18?,29-;/m0./s1. The number of nitrogens with zero attached hydrogens (tertiary/aromatic N) is 6. The number of aliphatic carboxylic acids is 1. The van der Waals surface area contributed by atoms with Crippen LogP contribution in [0.4, 0.5) is 32.0 Å². The second kappa shape index (κ2) is 15.8. The van der Waals surface area contributed by atoms with Crippen molar-refractivity contribution in [3.8, 4) is 28.1 Å². The van der Waals surface area contributed by atoms with Crippen molar-refractivity contribution in [2.45, 2.75) is 51.3 Å². The highest BCUT2D eigenvalue weighted by atomic mass is 35.5. The molecule has 0 spiro atoms. The Hall–Kier alpha value is -5.58. The number of amides is 1. The van der Waals surface area contributed by atoms with Crippen molar-refractivity contribution in [1.29, 1.82) is 0 Å². The van der Waals surface area contributed by atoms with E-state index in [0.717, 1.165) is 12.6 Å². The lowest BCUT2D eigenvalue weighted by molar-refractivity contribution is -0.192. The molecule has 1 aliphatic rings. The summed E-state index contributed by atoms with van der Waals surface area (Å²) in [6.45, 7) is 1.99. The Morgan fingerprint density at radius 1 is 1.02 bits per heavy atom. The molecule has 2 aromatic carbocycles. The van der Waals surface area contributed by atoms with Gasteiger partial charge in [0.1, 0.15) is 11.5 Å². The molecule has 4 heterocycles. The third-order valence-corrected chi connectivity index (χ3v) is 8.26. The number of hydrogen-bond donors (Lipinski definition) is 2. The molecule has 0 radical (unpaired) electrons. The van der Waals surface area contributed by atoms with Crippen LogP contribution in [-0.2, 0) is 9.59 Å². The highest BCUT2D eigenvalue weighted by Gasteiger charge is 2.38. The van der Waals surface area contributed by atoms with Crippen LogP contribution in [0.2, 0.25) is 5.02 Å². The molecule has 272 valence electrons. The first-order chi connectivity index (χ1) is 24.6. The van der Waals surface area contributed by atoms with Crippen LogP contribution in [0.25, 0.3) is 28.1 Å². The Balaban J connectivity index is 0.000000679. The van der Waals surface area contributed by atoms with E-state index >= 15 is 0 Å². The van der Waals surface area contributed by atoms with E-state index in [4.69, 9.17) is 21.5 Å². The molecule has 2 atom stereocenters. The number of aromatic nitrogens is 6. The van der Waals surface area contributed by atoms with Gasteiger partial charge in [-0.05, 0) is 66.4 Å². The van der Waals surface area contributed by atoms with Gasteiger partial charge in [0, 0.05) is 40.5 Å². The zero-order valence-corrected chi connectivity index (χ0v) is 27.7. The number of fused-ring (bicyclic) bond motifs is 4. The Morgan fingerprint density at radius 3 is 2.44 bits per heavy atom. The summed E-state index contributed by atoms with van der Waals surface area (Å²) >= 11 is 6.27. The molecule has 0 saturated carbocycles. The minimum absolute atomic E-state index is 0.0622. The summed E-state index contributed by atoms with van der Waals surface area (Å²) < 4.78 is 75.2. The maximum atomic E-state index is 14.4. The minimum Gasteiger partial charge on any atom is -0.475 e. The normalized spacial score (nSPS) is 16.4. The van der Waals surface area contributed by atoms with Crippen LogP contribution in [0.1, 0.15) is 56.5 Å². The van der Waals surface area contributed by atoms with Crippen molar-refractivity contribution in [3.05, 3.63) is 106 Å². The molecule has 52 heavy (non-hydrogen) atoms. The Kier molecular flexibility index (Phi) is 11.4. The van der Waals surface area contributed by atoms with E-state index in [1.165, 1.54) is 39.8 Å². The monoisotopic (exact) mass is 747 g/mol. The van der Waals surface area contributed by atoms with Gasteiger partial charge >= 0.3 is 12.1 Å².